The molecular weight excluding hydrogens is 308 g/mol. The van der Waals surface area contributed by atoms with E-state index in [-0.39, 0.29) is 24.1 Å². The normalized spacial score (nSPS) is 21.8. The highest BCUT2D eigenvalue weighted by Crippen LogP contribution is 2.31. The van der Waals surface area contributed by atoms with Gasteiger partial charge in [0, 0.05) is 19.0 Å². The van der Waals surface area contributed by atoms with Crippen LogP contribution in [0.5, 0.6) is 5.75 Å². The molecule has 2 N–H and O–H groups in total. The van der Waals surface area contributed by atoms with Crippen molar-refractivity contribution in [3.63, 3.8) is 0 Å². The number of rotatable bonds is 6. The Kier molecular flexibility index (Phi) is 5.06. The second-order valence-electron chi connectivity index (χ2n) is 6.04. The number of methoxy groups -OCH3 is 1. The summed E-state index contributed by atoms with van der Waals surface area (Å²) < 4.78 is 16.8. The van der Waals surface area contributed by atoms with Crippen molar-refractivity contribution >= 4 is 16.9 Å². The van der Waals surface area contributed by atoms with E-state index < -0.39 is 0 Å². The van der Waals surface area contributed by atoms with Crippen molar-refractivity contribution in [1.29, 1.82) is 0 Å². The Labute approximate surface area is 141 Å². The van der Waals surface area contributed by atoms with E-state index in [0.29, 0.717) is 30.9 Å². The molecule has 0 aliphatic carbocycles. The van der Waals surface area contributed by atoms with Crippen LogP contribution >= 0.6 is 0 Å². The third-order valence-electron chi connectivity index (χ3n) is 4.35. The monoisotopic (exact) mass is 332 g/mol. The van der Waals surface area contributed by atoms with E-state index in [2.05, 4.69) is 10.6 Å². The minimum atomic E-state index is -0.222. The van der Waals surface area contributed by atoms with E-state index in [9.17, 15) is 4.79 Å². The standard InChI is InChI=1S/C18H24N2O4/c1-4-23-15-7-5-6-12-8-16(24-17(12)15)11(2)20-18(21)14-9-13(22-3)10-19-14/h5-8,11,13-14,19H,4,9-10H2,1-3H3,(H,20,21)/t11?,13-,14+/m0/s1. The van der Waals surface area contributed by atoms with Crippen molar-refractivity contribution in [3.05, 3.63) is 30.0 Å². The molecule has 2 heterocycles. The maximum atomic E-state index is 12.4. The second kappa shape index (κ2) is 7.23. The van der Waals surface area contributed by atoms with Gasteiger partial charge in [-0.1, -0.05) is 12.1 Å². The van der Waals surface area contributed by atoms with Crippen LogP contribution in [0.15, 0.2) is 28.7 Å². The van der Waals surface area contributed by atoms with Crippen LogP contribution < -0.4 is 15.4 Å². The Hall–Kier alpha value is -2.05. The van der Waals surface area contributed by atoms with Crippen molar-refractivity contribution in [1.82, 2.24) is 10.6 Å². The highest BCUT2D eigenvalue weighted by Gasteiger charge is 2.30. The molecule has 0 saturated carbocycles. The highest BCUT2D eigenvalue weighted by molar-refractivity contribution is 5.85. The molecule has 130 valence electrons. The van der Waals surface area contributed by atoms with Gasteiger partial charge in [-0.05, 0) is 32.4 Å². The number of para-hydroxylation sites is 1. The Morgan fingerprint density at radius 2 is 2.33 bits per heavy atom. The number of benzene rings is 1. The van der Waals surface area contributed by atoms with Gasteiger partial charge in [-0.2, -0.15) is 0 Å². The molecule has 6 nitrogen and oxygen atoms in total. The maximum absolute atomic E-state index is 12.4. The number of nitrogens with one attached hydrogen (secondary N) is 2. The molecule has 1 aliphatic rings. The van der Waals surface area contributed by atoms with E-state index in [1.807, 2.05) is 38.1 Å². The number of ether oxygens (including phenoxy) is 2. The number of furan rings is 1. The van der Waals surface area contributed by atoms with Crippen molar-refractivity contribution in [2.75, 3.05) is 20.3 Å². The quantitative estimate of drug-likeness (QED) is 0.850. The molecule has 0 bridgehead atoms. The first-order valence-electron chi connectivity index (χ1n) is 8.34. The van der Waals surface area contributed by atoms with Crippen LogP contribution in [-0.4, -0.2) is 38.3 Å². The summed E-state index contributed by atoms with van der Waals surface area (Å²) in [5, 5.41) is 7.15. The van der Waals surface area contributed by atoms with E-state index in [0.717, 1.165) is 11.1 Å². The van der Waals surface area contributed by atoms with Crippen LogP contribution in [0.3, 0.4) is 0 Å². The number of amides is 1. The number of carbonyl (C=O) groups is 1. The lowest BCUT2D eigenvalue weighted by atomic mass is 10.1. The fraction of sp³-hybridized carbons (Fsp3) is 0.500. The third kappa shape index (κ3) is 3.39. The summed E-state index contributed by atoms with van der Waals surface area (Å²) in [6, 6.07) is 7.30. The number of fused-ring (bicyclic) bond motifs is 1. The summed E-state index contributed by atoms with van der Waals surface area (Å²) in [7, 11) is 1.67. The van der Waals surface area contributed by atoms with Gasteiger partial charge in [-0.15, -0.1) is 0 Å². The average Bonchev–Trinajstić information content (AvgIpc) is 3.22. The van der Waals surface area contributed by atoms with Crippen LogP contribution in [0.2, 0.25) is 0 Å². The molecule has 1 unspecified atom stereocenters. The lowest BCUT2D eigenvalue weighted by Gasteiger charge is -2.15. The predicted molar refractivity (Wildman–Crippen MR) is 91.1 cm³/mol. The molecule has 1 aliphatic heterocycles. The van der Waals surface area contributed by atoms with Crippen molar-refractivity contribution in [2.24, 2.45) is 0 Å². The Bertz CT molecular complexity index is 712. The Morgan fingerprint density at radius 3 is 3.04 bits per heavy atom. The molecule has 1 aromatic heterocycles. The lowest BCUT2D eigenvalue weighted by Crippen LogP contribution is -2.41. The molecule has 1 fully saturated rings. The van der Waals surface area contributed by atoms with Crippen LogP contribution in [0.1, 0.15) is 32.1 Å². The fourth-order valence-electron chi connectivity index (χ4n) is 3.01. The van der Waals surface area contributed by atoms with Gasteiger partial charge in [0.05, 0.1) is 24.8 Å². The summed E-state index contributed by atoms with van der Waals surface area (Å²) in [6.45, 7) is 5.13. The Morgan fingerprint density at radius 1 is 1.50 bits per heavy atom. The summed E-state index contributed by atoms with van der Waals surface area (Å²) >= 11 is 0. The molecule has 1 aromatic carbocycles. The first kappa shape index (κ1) is 16.8. The van der Waals surface area contributed by atoms with Gasteiger partial charge in [0.25, 0.3) is 0 Å². The van der Waals surface area contributed by atoms with Crippen molar-refractivity contribution in [3.8, 4) is 5.75 Å². The highest BCUT2D eigenvalue weighted by atomic mass is 16.5. The molecule has 3 atom stereocenters. The van der Waals surface area contributed by atoms with Crippen LogP contribution in [0, 0.1) is 0 Å². The smallest absolute Gasteiger partial charge is 0.237 e. The van der Waals surface area contributed by atoms with Crippen LogP contribution in [0.4, 0.5) is 0 Å². The molecular formula is C18H24N2O4. The average molecular weight is 332 g/mol. The fourth-order valence-corrected chi connectivity index (χ4v) is 3.01. The summed E-state index contributed by atoms with van der Waals surface area (Å²) in [5.74, 6) is 1.40. The molecule has 0 radical (unpaired) electrons. The zero-order valence-electron chi connectivity index (χ0n) is 14.3. The first-order chi connectivity index (χ1) is 11.6. The van der Waals surface area contributed by atoms with Gasteiger partial charge in [0.15, 0.2) is 11.3 Å². The van der Waals surface area contributed by atoms with Crippen molar-refractivity contribution in [2.45, 2.75) is 38.5 Å². The van der Waals surface area contributed by atoms with E-state index in [1.165, 1.54) is 0 Å². The second-order valence-corrected chi connectivity index (χ2v) is 6.04. The SMILES string of the molecule is CCOc1cccc2cc(C(C)NC(=O)[C@H]3C[C@H](OC)CN3)oc12. The number of hydrogen-bond acceptors (Lipinski definition) is 5. The minimum Gasteiger partial charge on any atom is -0.490 e. The number of carbonyl (C=O) groups excluding carboxylic acids is 1. The number of hydrogen-bond donors (Lipinski definition) is 2. The van der Waals surface area contributed by atoms with Crippen LogP contribution in [0.25, 0.3) is 11.0 Å². The zero-order chi connectivity index (χ0) is 17.1. The topological polar surface area (TPSA) is 72.7 Å². The molecule has 3 rings (SSSR count). The maximum Gasteiger partial charge on any atom is 0.237 e. The summed E-state index contributed by atoms with van der Waals surface area (Å²) in [6.07, 6.45) is 0.778. The molecule has 24 heavy (non-hydrogen) atoms. The molecule has 1 saturated heterocycles. The van der Waals surface area contributed by atoms with E-state index in [1.54, 1.807) is 7.11 Å². The summed E-state index contributed by atoms with van der Waals surface area (Å²) in [5.41, 5.74) is 0.717. The summed E-state index contributed by atoms with van der Waals surface area (Å²) in [4.78, 5) is 12.4. The Balaban J connectivity index is 1.71. The third-order valence-corrected chi connectivity index (χ3v) is 4.35. The largest absolute Gasteiger partial charge is 0.490 e. The van der Waals surface area contributed by atoms with Gasteiger partial charge in [0.2, 0.25) is 5.91 Å². The van der Waals surface area contributed by atoms with Crippen LogP contribution in [-0.2, 0) is 9.53 Å². The molecule has 6 heteroatoms. The molecule has 1 amide bonds. The van der Waals surface area contributed by atoms with Gasteiger partial charge < -0.3 is 24.5 Å². The molecule has 2 aromatic rings. The predicted octanol–water partition coefficient (Wildman–Crippen LogP) is 2.39. The molecule has 0 spiro atoms. The van der Waals surface area contributed by atoms with E-state index in [4.69, 9.17) is 13.9 Å². The van der Waals surface area contributed by atoms with Crippen molar-refractivity contribution < 1.29 is 18.7 Å². The van der Waals surface area contributed by atoms with Gasteiger partial charge in [-0.3, -0.25) is 4.79 Å². The lowest BCUT2D eigenvalue weighted by molar-refractivity contribution is -0.123. The van der Waals surface area contributed by atoms with E-state index >= 15 is 0 Å². The van der Waals surface area contributed by atoms with Gasteiger partial charge in [0.1, 0.15) is 5.76 Å². The first-order valence-corrected chi connectivity index (χ1v) is 8.34. The van der Waals surface area contributed by atoms with Gasteiger partial charge in [-0.25, -0.2) is 0 Å². The minimum absolute atomic E-state index is 0.0347. The van der Waals surface area contributed by atoms with Gasteiger partial charge >= 0.3 is 0 Å². The zero-order valence-corrected chi connectivity index (χ0v) is 14.3.